The molecule has 0 aromatic carbocycles. The fourth-order valence-electron chi connectivity index (χ4n) is 2.54. The number of carbonyl (C=O) groups is 1. The average Bonchev–Trinajstić information content (AvgIpc) is 2.94. The number of nitrogens with one attached hydrogen (secondary N) is 1. The number of H-pyrrole nitrogens is 1. The van der Waals surface area contributed by atoms with Crippen molar-refractivity contribution in [3.63, 3.8) is 0 Å². The average molecular weight is 286 g/mol. The molecular weight excluding hydrogens is 268 g/mol. The lowest BCUT2D eigenvalue weighted by Crippen LogP contribution is -2.36. The standard InChI is InChI=1S/C11H18N4O3S/c1-7-10(19(12,17)18)9(14-13-7)11(16)15(2)8-5-3-4-6-8/h8H,3-6H2,1-2H3,(H,13,14)(H2,12,17,18). The predicted octanol–water partition coefficient (Wildman–Crippen LogP) is 0.380. The van der Waals surface area contributed by atoms with Crippen LogP contribution in [0.15, 0.2) is 4.90 Å². The van der Waals surface area contributed by atoms with Gasteiger partial charge in [-0.15, -0.1) is 0 Å². The summed E-state index contributed by atoms with van der Waals surface area (Å²) in [5.74, 6) is -0.403. The summed E-state index contributed by atoms with van der Waals surface area (Å²) in [4.78, 5) is 13.7. The van der Waals surface area contributed by atoms with Gasteiger partial charge in [0.15, 0.2) is 5.69 Å². The summed E-state index contributed by atoms with van der Waals surface area (Å²) >= 11 is 0. The molecular formula is C11H18N4O3S. The Bertz CT molecular complexity index is 587. The Balaban J connectivity index is 2.34. The van der Waals surface area contributed by atoms with E-state index in [4.69, 9.17) is 5.14 Å². The number of amides is 1. The van der Waals surface area contributed by atoms with Gasteiger partial charge in [0.25, 0.3) is 5.91 Å². The van der Waals surface area contributed by atoms with E-state index in [1.54, 1.807) is 11.9 Å². The largest absolute Gasteiger partial charge is 0.337 e. The molecule has 1 amide bonds. The number of nitrogens with zero attached hydrogens (tertiary/aromatic N) is 2. The van der Waals surface area contributed by atoms with E-state index >= 15 is 0 Å². The number of aryl methyl sites for hydroxylation is 1. The Hall–Kier alpha value is -1.41. The van der Waals surface area contributed by atoms with Crippen LogP contribution in [-0.4, -0.2) is 42.5 Å². The predicted molar refractivity (Wildman–Crippen MR) is 69.0 cm³/mol. The quantitative estimate of drug-likeness (QED) is 0.837. The van der Waals surface area contributed by atoms with E-state index in [-0.39, 0.29) is 22.3 Å². The van der Waals surface area contributed by atoms with E-state index in [0.29, 0.717) is 0 Å². The Kier molecular flexibility index (Phi) is 3.64. The summed E-state index contributed by atoms with van der Waals surface area (Å²) in [6, 6.07) is 0.151. The molecule has 2 rings (SSSR count). The zero-order valence-electron chi connectivity index (χ0n) is 11.0. The van der Waals surface area contributed by atoms with Gasteiger partial charge in [-0.3, -0.25) is 9.89 Å². The molecule has 8 heteroatoms. The van der Waals surface area contributed by atoms with Crippen LogP contribution in [-0.2, 0) is 10.0 Å². The molecule has 1 aliphatic carbocycles. The molecule has 0 radical (unpaired) electrons. The first-order chi connectivity index (χ1) is 8.82. The van der Waals surface area contributed by atoms with Crippen molar-refractivity contribution in [1.82, 2.24) is 15.1 Å². The summed E-state index contributed by atoms with van der Waals surface area (Å²) in [6.07, 6.45) is 4.06. The highest BCUT2D eigenvalue weighted by atomic mass is 32.2. The van der Waals surface area contributed by atoms with Crippen LogP contribution in [0.1, 0.15) is 41.9 Å². The molecule has 0 saturated heterocycles. The molecule has 3 N–H and O–H groups in total. The number of hydrogen-bond donors (Lipinski definition) is 2. The van der Waals surface area contributed by atoms with Gasteiger partial charge in [0.2, 0.25) is 10.0 Å². The first kappa shape index (κ1) is 14.0. The second-order valence-electron chi connectivity index (χ2n) is 4.93. The minimum Gasteiger partial charge on any atom is -0.337 e. The van der Waals surface area contributed by atoms with Gasteiger partial charge in [0.05, 0.1) is 5.69 Å². The van der Waals surface area contributed by atoms with Gasteiger partial charge < -0.3 is 4.90 Å². The molecule has 1 aromatic rings. The summed E-state index contributed by atoms with van der Waals surface area (Å²) in [5, 5.41) is 11.4. The van der Waals surface area contributed by atoms with Crippen molar-refractivity contribution in [3.8, 4) is 0 Å². The van der Waals surface area contributed by atoms with Gasteiger partial charge >= 0.3 is 0 Å². The van der Waals surface area contributed by atoms with Crippen LogP contribution in [0.25, 0.3) is 0 Å². The number of hydrogen-bond acceptors (Lipinski definition) is 4. The third kappa shape index (κ3) is 2.64. The lowest BCUT2D eigenvalue weighted by Gasteiger charge is -2.23. The van der Waals surface area contributed by atoms with Crippen molar-refractivity contribution < 1.29 is 13.2 Å². The maximum Gasteiger partial charge on any atom is 0.275 e. The molecule has 106 valence electrons. The Labute approximate surface area is 112 Å². The number of rotatable bonds is 3. The summed E-state index contributed by atoms with van der Waals surface area (Å²) in [7, 11) is -2.29. The number of aromatic amines is 1. The van der Waals surface area contributed by atoms with Crippen LogP contribution in [0.4, 0.5) is 0 Å². The molecule has 0 bridgehead atoms. The number of primary sulfonamides is 1. The summed E-state index contributed by atoms with van der Waals surface area (Å²) in [6.45, 7) is 1.53. The number of sulfonamides is 1. The van der Waals surface area contributed by atoms with Crippen LogP contribution in [0.2, 0.25) is 0 Å². The smallest absolute Gasteiger partial charge is 0.275 e. The van der Waals surface area contributed by atoms with Crippen LogP contribution < -0.4 is 5.14 Å². The molecule has 0 spiro atoms. The fraction of sp³-hybridized carbons (Fsp3) is 0.636. The highest BCUT2D eigenvalue weighted by Crippen LogP contribution is 2.25. The maximum atomic E-state index is 12.3. The Morgan fingerprint density at radius 3 is 2.53 bits per heavy atom. The molecule has 1 aromatic heterocycles. The van der Waals surface area contributed by atoms with Gasteiger partial charge in [-0.1, -0.05) is 12.8 Å². The monoisotopic (exact) mass is 286 g/mol. The first-order valence-corrected chi connectivity index (χ1v) is 7.72. The van der Waals surface area contributed by atoms with Gasteiger partial charge in [-0.2, -0.15) is 5.10 Å². The molecule has 0 aliphatic heterocycles. The van der Waals surface area contributed by atoms with Crippen molar-refractivity contribution in [1.29, 1.82) is 0 Å². The van der Waals surface area contributed by atoms with E-state index in [1.165, 1.54) is 6.92 Å². The van der Waals surface area contributed by atoms with Gasteiger partial charge in [-0.25, -0.2) is 13.6 Å². The molecule has 1 fully saturated rings. The van der Waals surface area contributed by atoms with E-state index in [1.807, 2.05) is 0 Å². The van der Waals surface area contributed by atoms with E-state index in [0.717, 1.165) is 25.7 Å². The topological polar surface area (TPSA) is 109 Å². The highest BCUT2D eigenvalue weighted by Gasteiger charge is 2.31. The zero-order valence-corrected chi connectivity index (χ0v) is 11.8. The second-order valence-corrected chi connectivity index (χ2v) is 6.42. The number of nitrogens with two attached hydrogens (primary N) is 1. The minimum absolute atomic E-state index is 0.116. The molecule has 0 atom stereocenters. The van der Waals surface area contributed by atoms with Crippen LogP contribution >= 0.6 is 0 Å². The molecule has 1 aliphatic rings. The number of aromatic nitrogens is 2. The third-order valence-corrected chi connectivity index (χ3v) is 4.64. The SMILES string of the molecule is Cc1[nH]nc(C(=O)N(C)C2CCCC2)c1S(N)(=O)=O. The second kappa shape index (κ2) is 4.93. The Morgan fingerprint density at radius 1 is 1.42 bits per heavy atom. The van der Waals surface area contributed by atoms with Gasteiger partial charge in [0, 0.05) is 13.1 Å². The molecule has 1 saturated carbocycles. The highest BCUT2D eigenvalue weighted by molar-refractivity contribution is 7.89. The molecule has 7 nitrogen and oxygen atoms in total. The maximum absolute atomic E-state index is 12.3. The van der Waals surface area contributed by atoms with E-state index in [2.05, 4.69) is 10.2 Å². The molecule has 19 heavy (non-hydrogen) atoms. The van der Waals surface area contributed by atoms with E-state index in [9.17, 15) is 13.2 Å². The van der Waals surface area contributed by atoms with Crippen LogP contribution in [0.5, 0.6) is 0 Å². The van der Waals surface area contributed by atoms with E-state index < -0.39 is 15.9 Å². The van der Waals surface area contributed by atoms with Gasteiger partial charge in [-0.05, 0) is 19.8 Å². The molecule has 0 unspecified atom stereocenters. The van der Waals surface area contributed by atoms with Crippen molar-refractivity contribution in [2.24, 2.45) is 5.14 Å². The minimum atomic E-state index is -3.96. The lowest BCUT2D eigenvalue weighted by atomic mass is 10.2. The third-order valence-electron chi connectivity index (χ3n) is 3.57. The van der Waals surface area contributed by atoms with Crippen molar-refractivity contribution in [2.75, 3.05) is 7.05 Å². The summed E-state index contributed by atoms with van der Waals surface area (Å²) in [5.41, 5.74) is 0.167. The zero-order chi connectivity index (χ0) is 14.2. The molecule has 1 heterocycles. The normalized spacial score (nSPS) is 16.8. The van der Waals surface area contributed by atoms with Crippen LogP contribution in [0, 0.1) is 6.92 Å². The van der Waals surface area contributed by atoms with Crippen LogP contribution in [0.3, 0.4) is 0 Å². The lowest BCUT2D eigenvalue weighted by molar-refractivity contribution is 0.0725. The number of carbonyl (C=O) groups excluding carboxylic acids is 1. The Morgan fingerprint density at radius 2 is 2.00 bits per heavy atom. The van der Waals surface area contributed by atoms with Crippen molar-refractivity contribution >= 4 is 15.9 Å². The first-order valence-electron chi connectivity index (χ1n) is 6.17. The fourth-order valence-corrected chi connectivity index (χ4v) is 3.41. The van der Waals surface area contributed by atoms with Crippen molar-refractivity contribution in [3.05, 3.63) is 11.4 Å². The van der Waals surface area contributed by atoms with Crippen molar-refractivity contribution in [2.45, 2.75) is 43.5 Å². The summed E-state index contributed by atoms with van der Waals surface area (Å²) < 4.78 is 23.1. The van der Waals surface area contributed by atoms with Gasteiger partial charge in [0.1, 0.15) is 4.90 Å².